The fourth-order valence-electron chi connectivity index (χ4n) is 3.14. The van der Waals surface area contributed by atoms with Crippen molar-refractivity contribution in [2.75, 3.05) is 20.2 Å². The maximum atomic E-state index is 12.3. The van der Waals surface area contributed by atoms with Crippen LogP contribution in [0.15, 0.2) is 30.3 Å². The molecule has 2 N–H and O–H groups in total. The molecule has 0 saturated carbocycles. The number of nitrogens with zero attached hydrogens (tertiary/aromatic N) is 2. The van der Waals surface area contributed by atoms with Gasteiger partial charge >= 0.3 is 0 Å². The standard InChI is InChI=1S/C19H26N4O2/c1-25-14-18-11-17(21-22-18)12-20-19(24)16-7-5-15(6-8-16)13-23-9-3-2-4-10-23/h5-8,11H,2-4,9-10,12-14H2,1H3,(H,20,24)(H,21,22). The van der Waals surface area contributed by atoms with Gasteiger partial charge in [0, 0.05) is 19.2 Å². The first-order chi connectivity index (χ1) is 12.2. The number of methoxy groups -OCH3 is 1. The Morgan fingerprint density at radius 3 is 2.72 bits per heavy atom. The van der Waals surface area contributed by atoms with Gasteiger partial charge < -0.3 is 10.1 Å². The van der Waals surface area contributed by atoms with E-state index in [1.807, 2.05) is 18.2 Å². The average Bonchev–Trinajstić information content (AvgIpc) is 3.09. The molecule has 0 bridgehead atoms. The summed E-state index contributed by atoms with van der Waals surface area (Å²) in [5, 5.41) is 9.93. The van der Waals surface area contributed by atoms with Crippen molar-refractivity contribution in [2.24, 2.45) is 0 Å². The number of rotatable bonds is 7. The van der Waals surface area contributed by atoms with E-state index >= 15 is 0 Å². The Labute approximate surface area is 148 Å². The average molecular weight is 342 g/mol. The van der Waals surface area contributed by atoms with E-state index in [0.717, 1.165) is 17.9 Å². The molecule has 6 nitrogen and oxygen atoms in total. The number of aromatic nitrogens is 2. The fraction of sp³-hybridized carbons (Fsp3) is 0.474. The number of nitrogens with one attached hydrogen (secondary N) is 2. The maximum absolute atomic E-state index is 12.3. The van der Waals surface area contributed by atoms with Crippen LogP contribution in [0.5, 0.6) is 0 Å². The number of hydrogen-bond acceptors (Lipinski definition) is 4. The molecule has 1 aliphatic rings. The van der Waals surface area contributed by atoms with Gasteiger partial charge in [0.05, 0.1) is 24.5 Å². The van der Waals surface area contributed by atoms with Gasteiger partial charge in [0.1, 0.15) is 0 Å². The zero-order valence-corrected chi connectivity index (χ0v) is 14.8. The highest BCUT2D eigenvalue weighted by Gasteiger charge is 2.11. The molecule has 2 aromatic rings. The summed E-state index contributed by atoms with van der Waals surface area (Å²) in [7, 11) is 1.63. The molecule has 6 heteroatoms. The lowest BCUT2D eigenvalue weighted by Crippen LogP contribution is -2.29. The molecule has 1 saturated heterocycles. The van der Waals surface area contributed by atoms with Crippen molar-refractivity contribution in [1.29, 1.82) is 0 Å². The van der Waals surface area contributed by atoms with Gasteiger partial charge in [-0.1, -0.05) is 18.6 Å². The minimum atomic E-state index is -0.0765. The van der Waals surface area contributed by atoms with Crippen LogP contribution in [0.2, 0.25) is 0 Å². The van der Waals surface area contributed by atoms with E-state index in [9.17, 15) is 4.79 Å². The summed E-state index contributed by atoms with van der Waals surface area (Å²) >= 11 is 0. The summed E-state index contributed by atoms with van der Waals surface area (Å²) in [6.07, 6.45) is 3.93. The molecule has 0 atom stereocenters. The van der Waals surface area contributed by atoms with Crippen molar-refractivity contribution in [1.82, 2.24) is 20.4 Å². The molecule has 1 aromatic carbocycles. The van der Waals surface area contributed by atoms with Crippen molar-refractivity contribution in [2.45, 2.75) is 39.0 Å². The number of ether oxygens (including phenoxy) is 1. The maximum Gasteiger partial charge on any atom is 0.251 e. The van der Waals surface area contributed by atoms with Crippen LogP contribution in [-0.4, -0.2) is 41.2 Å². The predicted octanol–water partition coefficient (Wildman–Crippen LogP) is 2.47. The second-order valence-corrected chi connectivity index (χ2v) is 6.53. The molecule has 3 rings (SSSR count). The third-order valence-electron chi connectivity index (χ3n) is 4.49. The molecule has 25 heavy (non-hydrogen) atoms. The minimum absolute atomic E-state index is 0.0765. The first-order valence-corrected chi connectivity index (χ1v) is 8.86. The SMILES string of the molecule is COCc1cc(CNC(=O)c2ccc(CN3CCCCC3)cc2)[nH]n1. The first-order valence-electron chi connectivity index (χ1n) is 8.86. The van der Waals surface area contributed by atoms with Gasteiger partial charge in [-0.3, -0.25) is 14.8 Å². The van der Waals surface area contributed by atoms with Crippen molar-refractivity contribution in [3.63, 3.8) is 0 Å². The van der Waals surface area contributed by atoms with Gasteiger partial charge in [-0.15, -0.1) is 0 Å². The second kappa shape index (κ2) is 8.78. The molecule has 1 aromatic heterocycles. The van der Waals surface area contributed by atoms with Crippen molar-refractivity contribution >= 4 is 5.91 Å². The highest BCUT2D eigenvalue weighted by Crippen LogP contribution is 2.13. The van der Waals surface area contributed by atoms with Gasteiger partial charge in [-0.05, 0) is 49.7 Å². The molecule has 2 heterocycles. The summed E-state index contributed by atoms with van der Waals surface area (Å²) < 4.78 is 5.03. The Balaban J connectivity index is 1.49. The molecule has 1 fully saturated rings. The zero-order chi connectivity index (χ0) is 17.5. The molecular formula is C19H26N4O2. The van der Waals surface area contributed by atoms with Crippen molar-refractivity contribution in [3.05, 3.63) is 52.8 Å². The predicted molar refractivity (Wildman–Crippen MR) is 96.0 cm³/mol. The molecule has 134 valence electrons. The summed E-state index contributed by atoms with van der Waals surface area (Å²) in [6, 6.07) is 9.80. The Morgan fingerprint density at radius 1 is 1.24 bits per heavy atom. The largest absolute Gasteiger partial charge is 0.378 e. The number of aromatic amines is 1. The number of carbonyl (C=O) groups excluding carboxylic acids is 1. The van der Waals surface area contributed by atoms with E-state index < -0.39 is 0 Å². The number of piperidine rings is 1. The lowest BCUT2D eigenvalue weighted by Gasteiger charge is -2.26. The smallest absolute Gasteiger partial charge is 0.251 e. The van der Waals surface area contributed by atoms with Gasteiger partial charge in [0.2, 0.25) is 0 Å². The van der Waals surface area contributed by atoms with Crippen LogP contribution in [0, 0.1) is 0 Å². The van der Waals surface area contributed by atoms with Crippen LogP contribution < -0.4 is 5.32 Å². The topological polar surface area (TPSA) is 70.2 Å². The molecule has 0 spiro atoms. The van der Waals surface area contributed by atoms with Gasteiger partial charge in [-0.25, -0.2) is 0 Å². The molecule has 0 aliphatic carbocycles. The molecule has 0 unspecified atom stereocenters. The molecule has 1 aliphatic heterocycles. The third-order valence-corrected chi connectivity index (χ3v) is 4.49. The lowest BCUT2D eigenvalue weighted by atomic mass is 10.1. The summed E-state index contributed by atoms with van der Waals surface area (Å²) in [4.78, 5) is 14.8. The van der Waals surface area contributed by atoms with Crippen LogP contribution in [0.3, 0.4) is 0 Å². The first kappa shape index (κ1) is 17.6. The summed E-state index contributed by atoms with van der Waals surface area (Å²) in [6.45, 7) is 4.21. The van der Waals surface area contributed by atoms with Crippen LogP contribution in [0.1, 0.15) is 46.6 Å². The number of benzene rings is 1. The van der Waals surface area contributed by atoms with Crippen LogP contribution >= 0.6 is 0 Å². The van der Waals surface area contributed by atoms with E-state index in [1.54, 1.807) is 7.11 Å². The summed E-state index contributed by atoms with van der Waals surface area (Å²) in [5.41, 5.74) is 3.63. The van der Waals surface area contributed by atoms with Gasteiger partial charge in [0.15, 0.2) is 0 Å². The monoisotopic (exact) mass is 342 g/mol. The number of H-pyrrole nitrogens is 1. The highest BCUT2D eigenvalue weighted by atomic mass is 16.5. The van der Waals surface area contributed by atoms with Gasteiger partial charge in [-0.2, -0.15) is 5.10 Å². The summed E-state index contributed by atoms with van der Waals surface area (Å²) in [5.74, 6) is -0.0765. The Hall–Kier alpha value is -2.18. The van der Waals surface area contributed by atoms with Gasteiger partial charge in [0.25, 0.3) is 5.91 Å². The van der Waals surface area contributed by atoms with Crippen LogP contribution in [0.25, 0.3) is 0 Å². The molecule has 0 radical (unpaired) electrons. The zero-order valence-electron chi connectivity index (χ0n) is 14.8. The number of carbonyl (C=O) groups is 1. The third kappa shape index (κ3) is 5.14. The van der Waals surface area contributed by atoms with Crippen LogP contribution in [0.4, 0.5) is 0 Å². The Morgan fingerprint density at radius 2 is 2.00 bits per heavy atom. The quantitative estimate of drug-likeness (QED) is 0.811. The highest BCUT2D eigenvalue weighted by molar-refractivity contribution is 5.94. The molecular weight excluding hydrogens is 316 g/mol. The van der Waals surface area contributed by atoms with Crippen LogP contribution in [-0.2, 0) is 24.4 Å². The van der Waals surface area contributed by atoms with Crippen molar-refractivity contribution in [3.8, 4) is 0 Å². The van der Waals surface area contributed by atoms with E-state index in [-0.39, 0.29) is 5.91 Å². The lowest BCUT2D eigenvalue weighted by molar-refractivity contribution is 0.0950. The minimum Gasteiger partial charge on any atom is -0.378 e. The Kier molecular flexibility index (Phi) is 6.19. The molecule has 1 amide bonds. The van der Waals surface area contributed by atoms with Crippen molar-refractivity contribution < 1.29 is 9.53 Å². The van der Waals surface area contributed by atoms with E-state index in [2.05, 4.69) is 32.5 Å². The fourth-order valence-corrected chi connectivity index (χ4v) is 3.14. The normalized spacial score (nSPS) is 15.2. The number of amides is 1. The number of hydrogen-bond donors (Lipinski definition) is 2. The van der Waals surface area contributed by atoms with E-state index in [4.69, 9.17) is 4.74 Å². The second-order valence-electron chi connectivity index (χ2n) is 6.53. The number of likely N-dealkylation sites (tertiary alicyclic amines) is 1. The van der Waals surface area contributed by atoms with E-state index in [1.165, 1.54) is 37.9 Å². The Bertz CT molecular complexity index is 675. The van der Waals surface area contributed by atoms with E-state index in [0.29, 0.717) is 18.7 Å².